The van der Waals surface area contributed by atoms with Crippen molar-refractivity contribution in [2.45, 2.75) is 84.1 Å². The zero-order chi connectivity index (χ0) is 50.3. The number of β-amino-alcohol motifs (C(OH)–C–C–N with tert-alkyl or cyclic N) is 1. The minimum Gasteiger partial charge on any atom is -0.493 e. The number of aliphatic hydroxyl groups excluding tert-OH is 1. The summed E-state index contributed by atoms with van der Waals surface area (Å²) in [6.07, 6.45) is 3.05. The van der Waals surface area contributed by atoms with Gasteiger partial charge in [0.1, 0.15) is 28.5 Å². The van der Waals surface area contributed by atoms with Crippen molar-refractivity contribution in [3.63, 3.8) is 0 Å². The third-order valence-corrected chi connectivity index (χ3v) is 14.0. The third-order valence-electron chi connectivity index (χ3n) is 12.7. The van der Waals surface area contributed by atoms with Crippen LogP contribution >= 0.6 is 22.9 Å². The molecule has 71 heavy (non-hydrogen) atoms. The molecule has 0 radical (unpaired) electrons. The molecule has 376 valence electrons. The summed E-state index contributed by atoms with van der Waals surface area (Å²) in [6, 6.07) is 13.9. The number of fused-ring (bicyclic) bond motifs is 1. The molecular weight excluding hydrogens is 952 g/mol. The van der Waals surface area contributed by atoms with E-state index in [0.717, 1.165) is 34.5 Å². The lowest BCUT2D eigenvalue weighted by Gasteiger charge is -2.32. The SMILES string of the molecule is CNC(=O)COc1cc2cc(Nc3nc(N4CCC(OCCCOc5cc(-c6scnc6C)ccc5CNC(=O)[C@@H]5C[C@@H](O)CN5C(=O)C(c5cc(C)no5)C(C)C)CC4)ncc3Cl)ccc2n(C)c1=O. The van der Waals surface area contributed by atoms with Gasteiger partial charge in [0.05, 0.1) is 58.9 Å². The van der Waals surface area contributed by atoms with Crippen molar-refractivity contribution < 1.29 is 38.2 Å². The van der Waals surface area contributed by atoms with Gasteiger partial charge in [-0.25, -0.2) is 9.97 Å². The minimum atomic E-state index is -0.856. The van der Waals surface area contributed by atoms with Gasteiger partial charge in [-0.15, -0.1) is 11.3 Å². The Labute approximate surface area is 419 Å². The number of carbonyl (C=O) groups is 3. The molecule has 0 saturated carbocycles. The number of ether oxygens (including phenoxy) is 3. The smallest absolute Gasteiger partial charge is 0.293 e. The lowest BCUT2D eigenvalue weighted by atomic mass is 9.91. The number of likely N-dealkylation sites (tertiary alicyclic amines) is 1. The first-order chi connectivity index (χ1) is 34.2. The lowest BCUT2D eigenvalue weighted by molar-refractivity contribution is -0.141. The van der Waals surface area contributed by atoms with Crippen molar-refractivity contribution in [3.8, 4) is 21.9 Å². The second-order valence-corrected chi connectivity index (χ2v) is 19.4. The number of hydrogen-bond acceptors (Lipinski definition) is 16. The largest absolute Gasteiger partial charge is 0.493 e. The zero-order valence-electron chi connectivity index (χ0n) is 40.6. The molecule has 0 spiro atoms. The average molecular weight is 1010 g/mol. The highest BCUT2D eigenvalue weighted by molar-refractivity contribution is 7.13. The molecule has 8 rings (SSSR count). The monoisotopic (exact) mass is 1010 g/mol. The fourth-order valence-corrected chi connectivity index (χ4v) is 9.84. The van der Waals surface area contributed by atoms with E-state index in [1.807, 2.05) is 57.2 Å². The fourth-order valence-electron chi connectivity index (χ4n) is 8.90. The predicted octanol–water partition coefficient (Wildman–Crippen LogP) is 6.05. The number of aromatic nitrogens is 5. The van der Waals surface area contributed by atoms with Gasteiger partial charge in [0.15, 0.2) is 18.2 Å². The molecule has 1 unspecified atom stereocenters. The minimum absolute atomic E-state index is 0.0366. The summed E-state index contributed by atoms with van der Waals surface area (Å²) >= 11 is 8.11. The van der Waals surface area contributed by atoms with E-state index in [9.17, 15) is 24.3 Å². The summed E-state index contributed by atoms with van der Waals surface area (Å²) in [4.78, 5) is 70.7. The van der Waals surface area contributed by atoms with Crippen LogP contribution in [0.25, 0.3) is 21.3 Å². The van der Waals surface area contributed by atoms with Gasteiger partial charge < -0.3 is 54.2 Å². The Balaban J connectivity index is 0.842. The van der Waals surface area contributed by atoms with Crippen molar-refractivity contribution in [2.24, 2.45) is 13.0 Å². The third kappa shape index (κ3) is 12.0. The number of nitrogens with one attached hydrogen (secondary N) is 3. The maximum atomic E-state index is 13.9. The van der Waals surface area contributed by atoms with Crippen molar-refractivity contribution in [1.29, 1.82) is 0 Å². The first-order valence-corrected chi connectivity index (χ1v) is 24.9. The van der Waals surface area contributed by atoms with Crippen LogP contribution in [0.15, 0.2) is 69.6 Å². The summed E-state index contributed by atoms with van der Waals surface area (Å²) in [5, 5.41) is 24.5. The number of aliphatic hydroxyl groups is 1. The predicted molar refractivity (Wildman–Crippen MR) is 269 cm³/mol. The molecule has 6 aromatic rings. The number of pyridine rings is 1. The molecule has 2 aromatic carbocycles. The second-order valence-electron chi connectivity index (χ2n) is 18.2. The maximum Gasteiger partial charge on any atom is 0.293 e. The Hall–Kier alpha value is -6.61. The van der Waals surface area contributed by atoms with Crippen LogP contribution in [-0.2, 0) is 32.7 Å². The zero-order valence-corrected chi connectivity index (χ0v) is 42.1. The number of likely N-dealkylation sites (N-methyl/N-ethyl adjacent to an activating group) is 1. The van der Waals surface area contributed by atoms with Crippen LogP contribution in [0, 0.1) is 19.8 Å². The molecule has 3 atom stereocenters. The van der Waals surface area contributed by atoms with Crippen LogP contribution in [0.4, 0.5) is 17.5 Å². The summed E-state index contributed by atoms with van der Waals surface area (Å²) in [5.74, 6) is 0.298. The van der Waals surface area contributed by atoms with E-state index in [4.69, 9.17) is 35.3 Å². The number of anilines is 3. The Bertz CT molecular complexity index is 2930. The van der Waals surface area contributed by atoms with E-state index in [2.05, 4.69) is 36.0 Å². The number of thiazole rings is 1. The highest BCUT2D eigenvalue weighted by Crippen LogP contribution is 2.34. The van der Waals surface area contributed by atoms with Gasteiger partial charge in [-0.3, -0.25) is 19.2 Å². The molecule has 2 fully saturated rings. The van der Waals surface area contributed by atoms with Crippen LogP contribution in [0.5, 0.6) is 11.5 Å². The topological polar surface area (TPSA) is 228 Å². The highest BCUT2D eigenvalue weighted by Gasteiger charge is 2.43. The first kappa shape index (κ1) is 50.8. The standard InChI is InChI=1S/C50H59ClN10O9S/c1-28(2)44(41-18-29(3)58-70-41)49(66)61-25-35(62)22-39(61)47(64)53-23-32-9-8-31(45-30(4)55-27-71-45)20-40(32)68-17-7-16-67-36-12-14-60(15-13-36)50-54-24-37(51)46(57-50)56-34-10-11-38-33(19-34)21-42(48(65)59(38)6)69-26-43(63)52-5/h8-11,18-21,24,27-28,35-36,39,44,62H,7,12-17,22-23,25-26H2,1-6H3,(H,52,63)(H,53,64)(H,54,56,57)/t35-,39+,44?/m1/s1. The van der Waals surface area contributed by atoms with E-state index in [1.165, 1.54) is 16.5 Å². The number of nitrogens with zero attached hydrogens (tertiary/aromatic N) is 7. The van der Waals surface area contributed by atoms with Crippen LogP contribution in [0.1, 0.15) is 68.2 Å². The van der Waals surface area contributed by atoms with Gasteiger partial charge in [-0.05, 0) is 68.5 Å². The van der Waals surface area contributed by atoms with Crippen LogP contribution in [0.3, 0.4) is 0 Å². The Kier molecular flexibility index (Phi) is 16.2. The number of aryl methyl sites for hydroxylation is 3. The van der Waals surface area contributed by atoms with Gasteiger partial charge in [0.2, 0.25) is 17.8 Å². The Morgan fingerprint density at radius 3 is 2.54 bits per heavy atom. The first-order valence-electron chi connectivity index (χ1n) is 23.7. The van der Waals surface area contributed by atoms with E-state index < -0.39 is 18.1 Å². The molecule has 19 nitrogen and oxygen atoms in total. The van der Waals surface area contributed by atoms with Crippen molar-refractivity contribution >= 4 is 69.0 Å². The molecule has 2 aliphatic rings. The molecule has 4 N–H and O–H groups in total. The number of amides is 3. The molecule has 0 bridgehead atoms. The summed E-state index contributed by atoms with van der Waals surface area (Å²) in [5.41, 5.74) is 6.10. The summed E-state index contributed by atoms with van der Waals surface area (Å²) < 4.78 is 25.2. The molecule has 4 aromatic heterocycles. The van der Waals surface area contributed by atoms with E-state index in [1.54, 1.807) is 49.1 Å². The lowest BCUT2D eigenvalue weighted by Crippen LogP contribution is -2.48. The number of carbonyl (C=O) groups excluding carboxylic acids is 3. The Morgan fingerprint density at radius 1 is 1.01 bits per heavy atom. The molecule has 0 aliphatic carbocycles. The van der Waals surface area contributed by atoms with Gasteiger partial charge >= 0.3 is 0 Å². The van der Waals surface area contributed by atoms with Crippen molar-refractivity contribution in [2.75, 3.05) is 56.7 Å². The second kappa shape index (κ2) is 22.6. The van der Waals surface area contributed by atoms with Crippen LogP contribution in [-0.4, -0.2) is 117 Å². The highest BCUT2D eigenvalue weighted by atomic mass is 35.5. The summed E-state index contributed by atoms with van der Waals surface area (Å²) in [7, 11) is 3.14. The molecule has 6 heterocycles. The van der Waals surface area contributed by atoms with E-state index in [-0.39, 0.29) is 67.2 Å². The van der Waals surface area contributed by atoms with E-state index >= 15 is 0 Å². The molecule has 2 aliphatic heterocycles. The van der Waals surface area contributed by atoms with Crippen molar-refractivity contribution in [1.82, 2.24) is 40.2 Å². The molecule has 2 saturated heterocycles. The molecule has 21 heteroatoms. The number of piperidine rings is 1. The molecule has 3 amide bonds. The van der Waals surface area contributed by atoms with Crippen LogP contribution in [0.2, 0.25) is 5.02 Å². The Morgan fingerprint density at radius 2 is 1.82 bits per heavy atom. The van der Waals surface area contributed by atoms with Gasteiger partial charge in [0.25, 0.3) is 11.5 Å². The van der Waals surface area contributed by atoms with Gasteiger partial charge in [-0.1, -0.05) is 42.7 Å². The average Bonchev–Trinajstić information content (AvgIpc) is 4.11. The number of halogens is 1. The number of benzene rings is 2. The maximum absolute atomic E-state index is 13.9. The van der Waals surface area contributed by atoms with Gasteiger partial charge in [0, 0.05) is 75.8 Å². The normalized spacial score (nSPS) is 16.6. The number of rotatable bonds is 19. The molecular formula is C50H59ClN10O9S. The van der Waals surface area contributed by atoms with Gasteiger partial charge in [-0.2, -0.15) is 4.98 Å². The van der Waals surface area contributed by atoms with E-state index in [0.29, 0.717) is 83.3 Å². The number of hydrogen-bond donors (Lipinski definition) is 4. The van der Waals surface area contributed by atoms with Crippen LogP contribution < -0.4 is 35.9 Å². The summed E-state index contributed by atoms with van der Waals surface area (Å²) in [6.45, 7) is 9.70. The quantitative estimate of drug-likeness (QED) is 0.0678. The fraction of sp³-hybridized carbons (Fsp3) is 0.440. The van der Waals surface area contributed by atoms with Crippen molar-refractivity contribution in [3.05, 3.63) is 98.3 Å².